The highest BCUT2D eigenvalue weighted by Gasteiger charge is 2.12. The van der Waals surface area contributed by atoms with Crippen LogP contribution in [0, 0.1) is 0 Å². The number of benzene rings is 1. The third-order valence-electron chi connectivity index (χ3n) is 2.72. The fourth-order valence-electron chi connectivity index (χ4n) is 1.65. The lowest BCUT2D eigenvalue weighted by Gasteiger charge is -2.20. The molecule has 0 aromatic heterocycles. The molecule has 1 rings (SSSR count). The van der Waals surface area contributed by atoms with E-state index in [1.807, 2.05) is 11.9 Å². The van der Waals surface area contributed by atoms with Crippen molar-refractivity contribution in [3.8, 4) is 0 Å². The van der Waals surface area contributed by atoms with E-state index in [2.05, 4.69) is 11.3 Å². The standard InChI is InChI=1S/C15H19NO4/c1-5-20-14(17)11(2)10-16(3)13-8-6-12(7-9-13)15(18)19-4/h6-9H,2,5,10H2,1,3-4H3. The average molecular weight is 277 g/mol. The number of esters is 2. The highest BCUT2D eigenvalue weighted by molar-refractivity contribution is 5.90. The summed E-state index contributed by atoms with van der Waals surface area (Å²) in [7, 11) is 3.17. The lowest BCUT2D eigenvalue weighted by Crippen LogP contribution is -2.24. The van der Waals surface area contributed by atoms with Crippen molar-refractivity contribution >= 4 is 17.6 Å². The van der Waals surface area contributed by atoms with Crippen LogP contribution in [-0.4, -0.2) is 39.2 Å². The van der Waals surface area contributed by atoms with Gasteiger partial charge in [0.15, 0.2) is 0 Å². The number of anilines is 1. The SMILES string of the molecule is C=C(CN(C)c1ccc(C(=O)OC)cc1)C(=O)OCC. The maximum Gasteiger partial charge on any atom is 0.337 e. The summed E-state index contributed by atoms with van der Waals surface area (Å²) in [6.07, 6.45) is 0. The average Bonchev–Trinajstić information content (AvgIpc) is 2.46. The molecule has 0 spiro atoms. The summed E-state index contributed by atoms with van der Waals surface area (Å²) in [5.74, 6) is -0.777. The van der Waals surface area contributed by atoms with Crippen LogP contribution in [0.5, 0.6) is 0 Å². The van der Waals surface area contributed by atoms with Crippen molar-refractivity contribution in [2.45, 2.75) is 6.92 Å². The van der Waals surface area contributed by atoms with Gasteiger partial charge in [-0.2, -0.15) is 0 Å². The lowest BCUT2D eigenvalue weighted by atomic mass is 10.2. The molecule has 20 heavy (non-hydrogen) atoms. The van der Waals surface area contributed by atoms with E-state index in [1.165, 1.54) is 7.11 Å². The van der Waals surface area contributed by atoms with Gasteiger partial charge in [-0.1, -0.05) is 6.58 Å². The van der Waals surface area contributed by atoms with Crippen molar-refractivity contribution in [2.24, 2.45) is 0 Å². The molecule has 0 fully saturated rings. The monoisotopic (exact) mass is 277 g/mol. The summed E-state index contributed by atoms with van der Waals surface area (Å²) < 4.78 is 9.51. The molecule has 0 unspecified atom stereocenters. The highest BCUT2D eigenvalue weighted by atomic mass is 16.5. The molecule has 0 aliphatic rings. The van der Waals surface area contributed by atoms with Gasteiger partial charge in [-0.3, -0.25) is 0 Å². The largest absolute Gasteiger partial charge is 0.465 e. The van der Waals surface area contributed by atoms with Crippen molar-refractivity contribution in [3.63, 3.8) is 0 Å². The number of carbonyl (C=O) groups is 2. The lowest BCUT2D eigenvalue weighted by molar-refractivity contribution is -0.138. The van der Waals surface area contributed by atoms with E-state index in [-0.39, 0.29) is 5.97 Å². The number of hydrogen-bond acceptors (Lipinski definition) is 5. The number of ether oxygens (including phenoxy) is 2. The van der Waals surface area contributed by atoms with Crippen LogP contribution in [0.4, 0.5) is 5.69 Å². The smallest absolute Gasteiger partial charge is 0.337 e. The number of methoxy groups -OCH3 is 1. The molecule has 0 N–H and O–H groups in total. The molecule has 5 nitrogen and oxygen atoms in total. The van der Waals surface area contributed by atoms with Crippen LogP contribution in [0.1, 0.15) is 17.3 Å². The predicted molar refractivity (Wildman–Crippen MR) is 76.8 cm³/mol. The van der Waals surface area contributed by atoms with Crippen LogP contribution in [-0.2, 0) is 14.3 Å². The molecule has 0 aliphatic carbocycles. The molecule has 0 saturated heterocycles. The van der Waals surface area contributed by atoms with Crippen LogP contribution in [0.15, 0.2) is 36.4 Å². The fourth-order valence-corrected chi connectivity index (χ4v) is 1.65. The Bertz CT molecular complexity index is 493. The third-order valence-corrected chi connectivity index (χ3v) is 2.72. The summed E-state index contributed by atoms with van der Waals surface area (Å²) in [5, 5.41) is 0. The second kappa shape index (κ2) is 7.33. The molecule has 0 aliphatic heterocycles. The molecule has 0 heterocycles. The van der Waals surface area contributed by atoms with Crippen LogP contribution in [0.2, 0.25) is 0 Å². The molecular weight excluding hydrogens is 258 g/mol. The van der Waals surface area contributed by atoms with E-state index in [1.54, 1.807) is 31.2 Å². The van der Waals surface area contributed by atoms with Crippen molar-refractivity contribution < 1.29 is 19.1 Å². The molecule has 0 saturated carbocycles. The molecule has 0 radical (unpaired) electrons. The van der Waals surface area contributed by atoms with Crippen molar-refractivity contribution in [3.05, 3.63) is 42.0 Å². The molecule has 0 atom stereocenters. The normalized spacial score (nSPS) is 9.75. The Kier molecular flexibility index (Phi) is 5.77. The van der Waals surface area contributed by atoms with Crippen LogP contribution in [0.3, 0.4) is 0 Å². The van der Waals surface area contributed by atoms with Gasteiger partial charge >= 0.3 is 11.9 Å². The Hall–Kier alpha value is -2.30. The summed E-state index contributed by atoms with van der Waals surface area (Å²) in [6.45, 7) is 6.14. The molecule has 1 aromatic rings. The minimum atomic E-state index is -0.398. The molecule has 0 amide bonds. The second-order valence-electron chi connectivity index (χ2n) is 4.22. The van der Waals surface area contributed by atoms with Gasteiger partial charge < -0.3 is 14.4 Å². The first-order valence-corrected chi connectivity index (χ1v) is 6.24. The van der Waals surface area contributed by atoms with Gasteiger partial charge in [0.2, 0.25) is 0 Å². The van der Waals surface area contributed by atoms with Gasteiger partial charge in [0.05, 0.1) is 19.3 Å². The van der Waals surface area contributed by atoms with Gasteiger partial charge in [0, 0.05) is 24.9 Å². The Balaban J connectivity index is 2.68. The highest BCUT2D eigenvalue weighted by Crippen LogP contribution is 2.15. The number of carbonyl (C=O) groups excluding carboxylic acids is 2. The molecule has 5 heteroatoms. The topological polar surface area (TPSA) is 55.8 Å². The number of hydrogen-bond donors (Lipinski definition) is 0. The molecule has 0 bridgehead atoms. The van der Waals surface area contributed by atoms with Gasteiger partial charge in [-0.15, -0.1) is 0 Å². The number of nitrogens with zero attached hydrogens (tertiary/aromatic N) is 1. The molecule has 108 valence electrons. The first kappa shape index (κ1) is 15.8. The van der Waals surface area contributed by atoms with E-state index >= 15 is 0 Å². The first-order valence-electron chi connectivity index (χ1n) is 6.24. The Morgan fingerprint density at radius 2 is 1.85 bits per heavy atom. The maximum atomic E-state index is 11.5. The molecular formula is C15H19NO4. The fraction of sp³-hybridized carbons (Fsp3) is 0.333. The summed E-state index contributed by atoms with van der Waals surface area (Å²) in [5.41, 5.74) is 1.73. The van der Waals surface area contributed by atoms with Gasteiger partial charge in [0.1, 0.15) is 0 Å². The quantitative estimate of drug-likeness (QED) is 0.588. The summed E-state index contributed by atoms with van der Waals surface area (Å²) in [4.78, 5) is 24.7. The Morgan fingerprint density at radius 1 is 1.25 bits per heavy atom. The first-order chi connectivity index (χ1) is 9.49. The Labute approximate surface area is 118 Å². The van der Waals surface area contributed by atoms with Gasteiger partial charge in [0.25, 0.3) is 0 Å². The third kappa shape index (κ3) is 4.12. The number of rotatable bonds is 6. The van der Waals surface area contributed by atoms with E-state index < -0.39 is 5.97 Å². The van der Waals surface area contributed by atoms with E-state index in [4.69, 9.17) is 4.74 Å². The van der Waals surface area contributed by atoms with Crippen molar-refractivity contribution in [1.82, 2.24) is 0 Å². The van der Waals surface area contributed by atoms with Crippen molar-refractivity contribution in [1.29, 1.82) is 0 Å². The number of likely N-dealkylation sites (N-methyl/N-ethyl adjacent to an activating group) is 1. The van der Waals surface area contributed by atoms with E-state index in [0.29, 0.717) is 24.3 Å². The summed E-state index contributed by atoms with van der Waals surface area (Å²) in [6, 6.07) is 6.91. The molecule has 1 aromatic carbocycles. The van der Waals surface area contributed by atoms with Crippen molar-refractivity contribution in [2.75, 3.05) is 32.2 Å². The van der Waals surface area contributed by atoms with Crippen LogP contribution in [0.25, 0.3) is 0 Å². The minimum Gasteiger partial charge on any atom is -0.465 e. The predicted octanol–water partition coefficient (Wildman–Crippen LogP) is 2.03. The maximum absolute atomic E-state index is 11.5. The minimum absolute atomic E-state index is 0.329. The zero-order valence-corrected chi connectivity index (χ0v) is 12.0. The summed E-state index contributed by atoms with van der Waals surface area (Å²) >= 11 is 0. The van der Waals surface area contributed by atoms with Gasteiger partial charge in [-0.25, -0.2) is 9.59 Å². The van der Waals surface area contributed by atoms with E-state index in [9.17, 15) is 9.59 Å². The zero-order chi connectivity index (χ0) is 15.1. The van der Waals surface area contributed by atoms with E-state index in [0.717, 1.165) is 5.69 Å². The Morgan fingerprint density at radius 3 is 2.35 bits per heavy atom. The van der Waals surface area contributed by atoms with Gasteiger partial charge in [-0.05, 0) is 31.2 Å². The van der Waals surface area contributed by atoms with Crippen LogP contribution < -0.4 is 4.90 Å². The second-order valence-corrected chi connectivity index (χ2v) is 4.22. The van der Waals surface area contributed by atoms with Crippen LogP contribution >= 0.6 is 0 Å². The zero-order valence-electron chi connectivity index (χ0n) is 12.0.